The van der Waals surface area contributed by atoms with Gasteiger partial charge in [-0.15, -0.1) is 0 Å². The van der Waals surface area contributed by atoms with Crippen LogP contribution in [-0.4, -0.2) is 48.7 Å². The molecular formula is C19H21BrN4O6. The van der Waals surface area contributed by atoms with Crippen molar-refractivity contribution < 1.29 is 28.6 Å². The first-order chi connectivity index (χ1) is 14.2. The van der Waals surface area contributed by atoms with Crippen LogP contribution < -0.4 is 11.5 Å². The van der Waals surface area contributed by atoms with E-state index in [1.807, 2.05) is 0 Å². The molecule has 0 radical (unpaired) electrons. The summed E-state index contributed by atoms with van der Waals surface area (Å²) in [6.45, 7) is 2.02. The first kappa shape index (κ1) is 24.6. The molecule has 0 fully saturated rings. The van der Waals surface area contributed by atoms with E-state index in [9.17, 15) is 14.4 Å². The smallest absolute Gasteiger partial charge is 0.356 e. The number of hydrogen-bond acceptors (Lipinski definition) is 10. The quantitative estimate of drug-likeness (QED) is 0.369. The molecule has 2 rings (SSSR count). The van der Waals surface area contributed by atoms with Gasteiger partial charge < -0.3 is 25.7 Å². The molecule has 0 spiro atoms. The Kier molecular flexibility index (Phi) is 9.97. The second-order valence-corrected chi connectivity index (χ2v) is 6.16. The first-order valence-electron chi connectivity index (χ1n) is 8.43. The second-order valence-electron chi connectivity index (χ2n) is 5.30. The van der Waals surface area contributed by atoms with Crippen LogP contribution in [0.15, 0.2) is 34.8 Å². The van der Waals surface area contributed by atoms with E-state index in [2.05, 4.69) is 35.4 Å². The lowest BCUT2D eigenvalue weighted by Crippen LogP contribution is -2.07. The van der Waals surface area contributed by atoms with Crippen molar-refractivity contribution in [1.29, 1.82) is 0 Å². The Morgan fingerprint density at radius 1 is 0.967 bits per heavy atom. The van der Waals surface area contributed by atoms with Crippen LogP contribution in [0, 0.1) is 0 Å². The van der Waals surface area contributed by atoms with E-state index in [0.717, 1.165) is 0 Å². The molecular weight excluding hydrogens is 460 g/mol. The zero-order valence-corrected chi connectivity index (χ0v) is 18.1. The molecule has 0 atom stereocenters. The molecule has 4 N–H and O–H groups in total. The van der Waals surface area contributed by atoms with Gasteiger partial charge in [-0.1, -0.05) is 0 Å². The minimum absolute atomic E-state index is 0.114. The highest BCUT2D eigenvalue weighted by atomic mass is 79.9. The third-order valence-electron chi connectivity index (χ3n) is 3.31. The van der Waals surface area contributed by atoms with Crippen molar-refractivity contribution in [2.45, 2.75) is 6.92 Å². The molecule has 160 valence electrons. The van der Waals surface area contributed by atoms with Crippen molar-refractivity contribution in [3.05, 3.63) is 51.8 Å². The molecule has 0 aliphatic carbocycles. The van der Waals surface area contributed by atoms with Gasteiger partial charge in [-0.3, -0.25) is 0 Å². The number of methoxy groups -OCH3 is 2. The van der Waals surface area contributed by atoms with Gasteiger partial charge in [0.15, 0.2) is 11.4 Å². The molecule has 0 saturated carbocycles. The molecule has 0 aromatic carbocycles. The highest BCUT2D eigenvalue weighted by Crippen LogP contribution is 2.16. The summed E-state index contributed by atoms with van der Waals surface area (Å²) >= 11 is 3.16. The Morgan fingerprint density at radius 3 is 1.97 bits per heavy atom. The molecule has 30 heavy (non-hydrogen) atoms. The summed E-state index contributed by atoms with van der Waals surface area (Å²) in [5.41, 5.74) is 11.9. The fraction of sp³-hybridized carbons (Fsp3) is 0.211. The zero-order valence-electron chi connectivity index (χ0n) is 16.5. The van der Waals surface area contributed by atoms with E-state index in [1.165, 1.54) is 38.5 Å². The van der Waals surface area contributed by atoms with E-state index < -0.39 is 17.9 Å². The fourth-order valence-corrected chi connectivity index (χ4v) is 2.09. The van der Waals surface area contributed by atoms with Gasteiger partial charge >= 0.3 is 17.9 Å². The number of nitrogen functional groups attached to an aromatic ring is 2. The summed E-state index contributed by atoms with van der Waals surface area (Å²) in [6.07, 6.45) is 2.72. The normalized spacial score (nSPS) is 10.0. The highest BCUT2D eigenvalue weighted by Gasteiger charge is 2.09. The lowest BCUT2D eigenvalue weighted by atomic mass is 10.2. The topological polar surface area (TPSA) is 157 Å². The molecule has 2 heterocycles. The summed E-state index contributed by atoms with van der Waals surface area (Å²) in [5.74, 6) is -1.11. The number of rotatable bonds is 5. The molecule has 0 unspecified atom stereocenters. The zero-order chi connectivity index (χ0) is 22.7. The van der Waals surface area contributed by atoms with Crippen molar-refractivity contribution >= 4 is 51.5 Å². The predicted octanol–water partition coefficient (Wildman–Crippen LogP) is 2.24. The van der Waals surface area contributed by atoms with Gasteiger partial charge in [0.25, 0.3) is 0 Å². The number of aromatic nitrogens is 2. The van der Waals surface area contributed by atoms with Crippen LogP contribution in [-0.2, 0) is 19.0 Å². The fourth-order valence-electron chi connectivity index (χ4n) is 1.87. The highest BCUT2D eigenvalue weighted by molar-refractivity contribution is 9.10. The standard InChI is InChI=1S/C12H14N2O4.C7H7BrN2O2/c1-3-18-10(15)7-5-8-4-6-9(12(16)17-2)14-11(8)13;1-12-7(11)5-3-2-4(8)6(9)10-5/h4-7H,3H2,1-2H3,(H2,13,14);2-3H,1H3,(H2,9,10)/b7-5+;. The van der Waals surface area contributed by atoms with E-state index >= 15 is 0 Å². The van der Waals surface area contributed by atoms with Gasteiger partial charge in [0, 0.05) is 11.6 Å². The Balaban J connectivity index is 0.000000325. The number of halogens is 1. The van der Waals surface area contributed by atoms with Crippen LogP contribution in [0.3, 0.4) is 0 Å². The molecule has 0 aliphatic heterocycles. The number of carbonyl (C=O) groups excluding carboxylic acids is 3. The average molecular weight is 481 g/mol. The molecule has 0 aliphatic rings. The van der Waals surface area contributed by atoms with E-state index in [4.69, 9.17) is 16.2 Å². The number of nitrogens with zero attached hydrogens (tertiary/aromatic N) is 2. The summed E-state index contributed by atoms with van der Waals surface area (Å²) in [4.78, 5) is 40.9. The number of ether oxygens (including phenoxy) is 3. The minimum atomic E-state index is -0.567. The van der Waals surface area contributed by atoms with Crippen LogP contribution in [0.2, 0.25) is 0 Å². The number of hydrogen-bond donors (Lipinski definition) is 2. The maximum Gasteiger partial charge on any atom is 0.356 e. The number of pyridine rings is 2. The third-order valence-corrected chi connectivity index (χ3v) is 3.98. The van der Waals surface area contributed by atoms with Crippen molar-refractivity contribution in [3.63, 3.8) is 0 Å². The molecule has 2 aromatic rings. The SMILES string of the molecule is CCOC(=O)/C=C/c1ccc(C(=O)OC)nc1N.COC(=O)c1ccc(Br)c(N)n1. The molecule has 11 heteroatoms. The molecule has 0 saturated heterocycles. The molecule has 0 bridgehead atoms. The van der Waals surface area contributed by atoms with Crippen LogP contribution in [0.25, 0.3) is 6.08 Å². The largest absolute Gasteiger partial charge is 0.464 e. The van der Waals surface area contributed by atoms with Crippen molar-refractivity contribution in [3.8, 4) is 0 Å². The van der Waals surface area contributed by atoms with Crippen LogP contribution in [0.5, 0.6) is 0 Å². The Morgan fingerprint density at radius 2 is 1.50 bits per heavy atom. The molecule has 0 amide bonds. The lowest BCUT2D eigenvalue weighted by molar-refractivity contribution is -0.137. The van der Waals surface area contributed by atoms with Crippen molar-refractivity contribution in [2.75, 3.05) is 32.3 Å². The predicted molar refractivity (Wildman–Crippen MR) is 113 cm³/mol. The van der Waals surface area contributed by atoms with Gasteiger partial charge in [-0.25, -0.2) is 24.4 Å². The Hall–Kier alpha value is -3.47. The maximum atomic E-state index is 11.2. The van der Waals surface area contributed by atoms with E-state index in [0.29, 0.717) is 16.6 Å². The van der Waals surface area contributed by atoms with Gasteiger partial charge in [0.05, 0.1) is 25.3 Å². The van der Waals surface area contributed by atoms with Crippen molar-refractivity contribution in [2.24, 2.45) is 0 Å². The second kappa shape index (κ2) is 12.2. The lowest BCUT2D eigenvalue weighted by Gasteiger charge is -2.02. The van der Waals surface area contributed by atoms with Gasteiger partial charge in [-0.2, -0.15) is 0 Å². The summed E-state index contributed by atoms with van der Waals surface area (Å²) in [7, 11) is 2.55. The minimum Gasteiger partial charge on any atom is -0.464 e. The first-order valence-corrected chi connectivity index (χ1v) is 9.22. The number of esters is 3. The van der Waals surface area contributed by atoms with Gasteiger partial charge in [0.1, 0.15) is 11.6 Å². The van der Waals surface area contributed by atoms with Crippen molar-refractivity contribution in [1.82, 2.24) is 9.97 Å². The van der Waals surface area contributed by atoms with E-state index in [1.54, 1.807) is 19.1 Å². The number of nitrogens with two attached hydrogens (primary N) is 2. The number of carbonyl (C=O) groups is 3. The van der Waals surface area contributed by atoms with E-state index in [-0.39, 0.29) is 23.0 Å². The average Bonchev–Trinajstić information content (AvgIpc) is 2.74. The van der Waals surface area contributed by atoms with Gasteiger partial charge in [-0.05, 0) is 53.2 Å². The Bertz CT molecular complexity index is 949. The molecule has 10 nitrogen and oxygen atoms in total. The molecule has 2 aromatic heterocycles. The van der Waals surface area contributed by atoms with Crippen LogP contribution >= 0.6 is 15.9 Å². The van der Waals surface area contributed by atoms with Crippen LogP contribution in [0.1, 0.15) is 33.5 Å². The summed E-state index contributed by atoms with van der Waals surface area (Å²) in [5, 5.41) is 0. The monoisotopic (exact) mass is 480 g/mol. The number of anilines is 2. The summed E-state index contributed by atoms with van der Waals surface area (Å²) < 4.78 is 14.4. The Labute approximate surface area is 181 Å². The summed E-state index contributed by atoms with van der Waals surface area (Å²) in [6, 6.07) is 6.22. The third kappa shape index (κ3) is 7.51. The van der Waals surface area contributed by atoms with Gasteiger partial charge in [0.2, 0.25) is 0 Å². The van der Waals surface area contributed by atoms with Crippen LogP contribution in [0.4, 0.5) is 11.6 Å². The maximum absolute atomic E-state index is 11.2.